The van der Waals surface area contributed by atoms with Crippen molar-refractivity contribution in [2.24, 2.45) is 0 Å². The van der Waals surface area contributed by atoms with Crippen molar-refractivity contribution >= 4 is 27.7 Å². The lowest BCUT2D eigenvalue weighted by Crippen LogP contribution is -2.49. The highest BCUT2D eigenvalue weighted by Crippen LogP contribution is 2.23. The minimum absolute atomic E-state index is 0.0212. The van der Waals surface area contributed by atoms with E-state index in [1.54, 1.807) is 13.0 Å². The van der Waals surface area contributed by atoms with E-state index in [2.05, 4.69) is 16.2 Å². The Kier molecular flexibility index (Phi) is 5.99. The first-order valence-electron chi connectivity index (χ1n) is 9.31. The molecule has 1 saturated carbocycles. The molecule has 2 aliphatic rings. The molecule has 1 heterocycles. The maximum absolute atomic E-state index is 12.8. The van der Waals surface area contributed by atoms with E-state index in [1.165, 1.54) is 16.4 Å². The topological polar surface area (TPSA) is 125 Å². The SMILES string of the molecule is Cc1ccc(S(=O)(=O)N2CCCCC2)cc1C(=O)NNC(=O)C(=O)NC1CC1. The quantitative estimate of drug-likeness (QED) is 0.485. The molecule has 0 spiro atoms. The van der Waals surface area contributed by atoms with Crippen LogP contribution >= 0.6 is 0 Å². The number of hydrazine groups is 1. The van der Waals surface area contributed by atoms with Crippen LogP contribution in [0, 0.1) is 6.92 Å². The molecular weight excluding hydrogens is 384 g/mol. The van der Waals surface area contributed by atoms with Crippen molar-refractivity contribution in [1.29, 1.82) is 0 Å². The number of rotatable bonds is 4. The second-order valence-electron chi connectivity index (χ2n) is 7.10. The molecule has 1 aliphatic heterocycles. The summed E-state index contributed by atoms with van der Waals surface area (Å²) < 4.78 is 27.0. The van der Waals surface area contributed by atoms with Crippen LogP contribution in [-0.4, -0.2) is 49.6 Å². The van der Waals surface area contributed by atoms with Crippen LogP contribution in [0.15, 0.2) is 23.1 Å². The highest BCUT2D eigenvalue weighted by molar-refractivity contribution is 7.89. The van der Waals surface area contributed by atoms with Crippen LogP contribution in [0.3, 0.4) is 0 Å². The molecule has 0 aromatic heterocycles. The summed E-state index contributed by atoms with van der Waals surface area (Å²) in [7, 11) is -3.68. The van der Waals surface area contributed by atoms with Gasteiger partial charge in [-0.25, -0.2) is 8.42 Å². The van der Waals surface area contributed by atoms with E-state index in [0.717, 1.165) is 32.1 Å². The average Bonchev–Trinajstić information content (AvgIpc) is 3.50. The lowest BCUT2D eigenvalue weighted by atomic mass is 10.1. The normalized spacial score (nSPS) is 17.6. The predicted molar refractivity (Wildman–Crippen MR) is 101 cm³/mol. The zero-order valence-electron chi connectivity index (χ0n) is 15.7. The molecular formula is C18H24N4O5S. The summed E-state index contributed by atoms with van der Waals surface area (Å²) >= 11 is 0. The Hall–Kier alpha value is -2.46. The smallest absolute Gasteiger partial charge is 0.327 e. The van der Waals surface area contributed by atoms with Gasteiger partial charge in [0.05, 0.1) is 4.90 Å². The average molecular weight is 408 g/mol. The van der Waals surface area contributed by atoms with Crippen LogP contribution in [0.2, 0.25) is 0 Å². The van der Waals surface area contributed by atoms with Crippen LogP contribution < -0.4 is 16.2 Å². The van der Waals surface area contributed by atoms with Gasteiger partial charge in [0.2, 0.25) is 10.0 Å². The van der Waals surface area contributed by atoms with Gasteiger partial charge in [0.15, 0.2) is 0 Å². The van der Waals surface area contributed by atoms with Gasteiger partial charge in [0.25, 0.3) is 5.91 Å². The third kappa shape index (κ3) is 4.68. The van der Waals surface area contributed by atoms with Crippen LogP contribution in [0.4, 0.5) is 0 Å². The van der Waals surface area contributed by atoms with Gasteiger partial charge in [-0.2, -0.15) is 4.31 Å². The van der Waals surface area contributed by atoms with Crippen molar-refractivity contribution in [3.8, 4) is 0 Å². The Morgan fingerprint density at radius 2 is 1.68 bits per heavy atom. The van der Waals surface area contributed by atoms with Gasteiger partial charge in [0, 0.05) is 24.7 Å². The van der Waals surface area contributed by atoms with E-state index < -0.39 is 27.7 Å². The third-order valence-corrected chi connectivity index (χ3v) is 6.71. The monoisotopic (exact) mass is 408 g/mol. The number of piperidine rings is 1. The second-order valence-corrected chi connectivity index (χ2v) is 9.04. The maximum atomic E-state index is 12.8. The number of nitrogens with zero attached hydrogens (tertiary/aromatic N) is 1. The summed E-state index contributed by atoms with van der Waals surface area (Å²) in [5.41, 5.74) is 4.88. The molecule has 0 unspecified atom stereocenters. The number of hydrogen-bond donors (Lipinski definition) is 3. The van der Waals surface area contributed by atoms with Crippen molar-refractivity contribution in [2.45, 2.75) is 50.0 Å². The molecule has 1 saturated heterocycles. The van der Waals surface area contributed by atoms with Gasteiger partial charge >= 0.3 is 11.8 Å². The van der Waals surface area contributed by atoms with Crippen molar-refractivity contribution in [2.75, 3.05) is 13.1 Å². The van der Waals surface area contributed by atoms with E-state index in [1.807, 2.05) is 0 Å². The minimum atomic E-state index is -3.68. The molecule has 0 atom stereocenters. The fraction of sp³-hybridized carbons (Fsp3) is 0.500. The molecule has 10 heteroatoms. The Balaban J connectivity index is 1.69. The Labute approximate surface area is 163 Å². The number of carbonyl (C=O) groups excluding carboxylic acids is 3. The number of carbonyl (C=O) groups is 3. The van der Waals surface area contributed by atoms with E-state index in [0.29, 0.717) is 18.7 Å². The Bertz CT molecular complexity index is 889. The Morgan fingerprint density at radius 3 is 2.32 bits per heavy atom. The molecule has 2 fully saturated rings. The maximum Gasteiger partial charge on any atom is 0.327 e. The highest BCUT2D eigenvalue weighted by Gasteiger charge is 2.28. The summed E-state index contributed by atoms with van der Waals surface area (Å²) in [6.07, 6.45) is 4.30. The van der Waals surface area contributed by atoms with Crippen LogP contribution in [-0.2, 0) is 19.6 Å². The third-order valence-electron chi connectivity index (χ3n) is 4.81. The number of aryl methyl sites for hydroxylation is 1. The van der Waals surface area contributed by atoms with E-state index in [9.17, 15) is 22.8 Å². The summed E-state index contributed by atoms with van der Waals surface area (Å²) in [4.78, 5) is 35.8. The van der Waals surface area contributed by atoms with Gasteiger partial charge in [-0.15, -0.1) is 0 Å². The zero-order valence-corrected chi connectivity index (χ0v) is 16.5. The molecule has 1 aromatic rings. The van der Waals surface area contributed by atoms with Crippen molar-refractivity contribution in [3.63, 3.8) is 0 Å². The summed E-state index contributed by atoms with van der Waals surface area (Å²) in [5, 5.41) is 2.51. The number of benzene rings is 1. The van der Waals surface area contributed by atoms with Gasteiger partial charge in [-0.3, -0.25) is 25.2 Å². The molecule has 3 N–H and O–H groups in total. The molecule has 1 aliphatic carbocycles. The summed E-state index contributed by atoms with van der Waals surface area (Å²) in [6, 6.07) is 4.34. The number of hydrogen-bond acceptors (Lipinski definition) is 5. The van der Waals surface area contributed by atoms with Crippen molar-refractivity contribution in [3.05, 3.63) is 29.3 Å². The van der Waals surface area contributed by atoms with Crippen LogP contribution in [0.25, 0.3) is 0 Å². The van der Waals surface area contributed by atoms with Crippen molar-refractivity contribution in [1.82, 2.24) is 20.5 Å². The first-order valence-corrected chi connectivity index (χ1v) is 10.7. The van der Waals surface area contributed by atoms with Gasteiger partial charge in [-0.05, 0) is 50.3 Å². The Morgan fingerprint density at radius 1 is 1.00 bits per heavy atom. The number of sulfonamides is 1. The number of nitrogens with one attached hydrogen (secondary N) is 3. The van der Waals surface area contributed by atoms with Gasteiger partial charge in [-0.1, -0.05) is 12.5 Å². The van der Waals surface area contributed by atoms with Crippen molar-refractivity contribution < 1.29 is 22.8 Å². The highest BCUT2D eigenvalue weighted by atomic mass is 32.2. The largest absolute Gasteiger partial charge is 0.345 e. The van der Waals surface area contributed by atoms with Crippen LogP contribution in [0.1, 0.15) is 48.0 Å². The molecule has 152 valence electrons. The van der Waals surface area contributed by atoms with E-state index in [4.69, 9.17) is 0 Å². The van der Waals surface area contributed by atoms with Gasteiger partial charge < -0.3 is 5.32 Å². The lowest BCUT2D eigenvalue weighted by molar-refractivity contribution is -0.139. The lowest BCUT2D eigenvalue weighted by Gasteiger charge is -2.26. The first kappa shape index (κ1) is 20.3. The van der Waals surface area contributed by atoms with Gasteiger partial charge in [0.1, 0.15) is 0 Å². The van der Waals surface area contributed by atoms with E-state index in [-0.39, 0.29) is 16.5 Å². The predicted octanol–water partition coefficient (Wildman–Crippen LogP) is 0.209. The zero-order chi connectivity index (χ0) is 20.3. The molecule has 28 heavy (non-hydrogen) atoms. The minimum Gasteiger partial charge on any atom is -0.345 e. The molecule has 9 nitrogen and oxygen atoms in total. The molecule has 0 radical (unpaired) electrons. The molecule has 0 bridgehead atoms. The second kappa shape index (κ2) is 8.27. The first-order chi connectivity index (χ1) is 13.3. The van der Waals surface area contributed by atoms with Crippen LogP contribution in [0.5, 0.6) is 0 Å². The molecule has 1 aromatic carbocycles. The number of amides is 3. The standard InChI is InChI=1S/C18H24N4O5S/c1-12-5-8-14(28(26,27)22-9-3-2-4-10-22)11-15(12)16(23)20-21-18(25)17(24)19-13-6-7-13/h5,8,11,13H,2-4,6-7,9-10H2,1H3,(H,19,24)(H,20,23)(H,21,25). The molecule has 3 amide bonds. The summed E-state index contributed by atoms with van der Waals surface area (Å²) in [6.45, 7) is 2.58. The fourth-order valence-corrected chi connectivity index (χ4v) is 4.52. The fourth-order valence-electron chi connectivity index (χ4n) is 2.98. The molecule has 3 rings (SSSR count). The van der Waals surface area contributed by atoms with E-state index >= 15 is 0 Å². The summed E-state index contributed by atoms with van der Waals surface area (Å²) in [5.74, 6) is -2.49.